The second kappa shape index (κ2) is 12.9. The third kappa shape index (κ3) is 6.36. The third-order valence-corrected chi connectivity index (χ3v) is 8.12. The van der Waals surface area contributed by atoms with E-state index in [1.54, 1.807) is 31.4 Å². The molecule has 2 N–H and O–H groups in total. The maximum absolute atomic E-state index is 13.8. The Bertz CT molecular complexity index is 1350. The molecule has 0 aliphatic carbocycles. The normalized spacial score (nSPS) is 19.1. The molecule has 2 aromatic rings. The second-order valence-electron chi connectivity index (χ2n) is 9.58. The topological polar surface area (TPSA) is 95.5 Å². The van der Waals surface area contributed by atoms with Crippen molar-refractivity contribution in [1.82, 2.24) is 15.1 Å². The highest BCUT2D eigenvalue weighted by Crippen LogP contribution is 2.45. The number of anilines is 1. The van der Waals surface area contributed by atoms with Gasteiger partial charge in [0.05, 0.1) is 49.7 Å². The van der Waals surface area contributed by atoms with Crippen molar-refractivity contribution in [3.8, 4) is 5.75 Å². The molecule has 1 unspecified atom stereocenters. The van der Waals surface area contributed by atoms with Crippen LogP contribution in [0.3, 0.4) is 0 Å². The molecule has 3 aliphatic rings. The molecule has 210 valence electrons. The van der Waals surface area contributed by atoms with E-state index in [2.05, 4.69) is 15.5 Å². The number of carbonyl (C=O) groups is 2. The lowest BCUT2D eigenvalue weighted by Crippen LogP contribution is -2.42. The number of halogens is 1. The molecular formula is C29H32ClN5O4S. The number of hydrogen-bond donors (Lipinski definition) is 2. The van der Waals surface area contributed by atoms with Gasteiger partial charge >= 0.3 is 0 Å². The number of amides is 2. The van der Waals surface area contributed by atoms with Gasteiger partial charge in [-0.1, -0.05) is 47.6 Å². The number of hydrogen-bond acceptors (Lipinski definition) is 8. The summed E-state index contributed by atoms with van der Waals surface area (Å²) in [4.78, 5) is 35.9. The first kappa shape index (κ1) is 28.2. The number of methoxy groups -OCH3 is 1. The van der Waals surface area contributed by atoms with Crippen LogP contribution in [0.2, 0.25) is 5.02 Å². The van der Waals surface area contributed by atoms with Crippen LogP contribution in [0.4, 0.5) is 5.69 Å². The molecule has 0 spiro atoms. The summed E-state index contributed by atoms with van der Waals surface area (Å²) in [6.45, 7) is 6.37. The van der Waals surface area contributed by atoms with Crippen LogP contribution >= 0.6 is 23.4 Å². The molecule has 5 rings (SSSR count). The van der Waals surface area contributed by atoms with E-state index in [0.29, 0.717) is 34.3 Å². The van der Waals surface area contributed by atoms with E-state index in [4.69, 9.17) is 26.1 Å². The van der Waals surface area contributed by atoms with Gasteiger partial charge in [-0.2, -0.15) is 0 Å². The van der Waals surface area contributed by atoms with Crippen molar-refractivity contribution >= 4 is 46.0 Å². The Morgan fingerprint density at radius 3 is 2.65 bits per heavy atom. The molecule has 0 aromatic heterocycles. The summed E-state index contributed by atoms with van der Waals surface area (Å²) in [5.74, 6) is 0.182. The fourth-order valence-corrected chi connectivity index (χ4v) is 6.05. The van der Waals surface area contributed by atoms with Crippen LogP contribution < -0.4 is 15.4 Å². The predicted molar refractivity (Wildman–Crippen MR) is 158 cm³/mol. The van der Waals surface area contributed by atoms with Crippen LogP contribution in [0, 0.1) is 0 Å². The SMILES string of the molecule is COc1ccccc1NC(=O)C1=C(C)N=C2SC=C(CC(=O)NCCN3CCOCC3)N2C1c1ccc(Cl)cc1. The van der Waals surface area contributed by atoms with Crippen molar-refractivity contribution < 1.29 is 19.1 Å². The fraction of sp³-hybridized carbons (Fsp3) is 0.345. The molecule has 0 bridgehead atoms. The number of nitrogens with one attached hydrogen (secondary N) is 2. The molecule has 40 heavy (non-hydrogen) atoms. The summed E-state index contributed by atoms with van der Waals surface area (Å²) < 4.78 is 10.8. The van der Waals surface area contributed by atoms with E-state index < -0.39 is 6.04 Å². The van der Waals surface area contributed by atoms with E-state index in [1.165, 1.54) is 11.8 Å². The van der Waals surface area contributed by atoms with Crippen LogP contribution in [0.1, 0.15) is 24.9 Å². The summed E-state index contributed by atoms with van der Waals surface area (Å²) in [7, 11) is 1.56. The molecule has 0 radical (unpaired) electrons. The molecule has 2 aromatic carbocycles. The van der Waals surface area contributed by atoms with Gasteiger partial charge in [-0.3, -0.25) is 14.5 Å². The Morgan fingerprint density at radius 1 is 1.15 bits per heavy atom. The molecule has 3 heterocycles. The number of ether oxygens (including phenoxy) is 2. The van der Waals surface area contributed by atoms with E-state index in [9.17, 15) is 9.59 Å². The largest absolute Gasteiger partial charge is 0.495 e. The van der Waals surface area contributed by atoms with Crippen molar-refractivity contribution in [3.05, 3.63) is 81.5 Å². The minimum atomic E-state index is -0.498. The molecule has 11 heteroatoms. The van der Waals surface area contributed by atoms with Crippen molar-refractivity contribution in [1.29, 1.82) is 0 Å². The fourth-order valence-electron chi connectivity index (χ4n) is 4.96. The van der Waals surface area contributed by atoms with Crippen LogP contribution in [-0.2, 0) is 14.3 Å². The zero-order chi connectivity index (χ0) is 28.1. The molecule has 1 fully saturated rings. The monoisotopic (exact) mass is 581 g/mol. The second-order valence-corrected chi connectivity index (χ2v) is 10.9. The lowest BCUT2D eigenvalue weighted by molar-refractivity contribution is -0.120. The molecule has 1 saturated heterocycles. The number of thioether (sulfide) groups is 1. The van der Waals surface area contributed by atoms with Crippen LogP contribution in [0.25, 0.3) is 0 Å². The van der Waals surface area contributed by atoms with Gasteiger partial charge in [0.15, 0.2) is 5.17 Å². The summed E-state index contributed by atoms with van der Waals surface area (Å²) in [6, 6.07) is 14.2. The third-order valence-electron chi connectivity index (χ3n) is 6.98. The number of allylic oxidation sites excluding steroid dienone is 1. The Labute approximate surface area is 243 Å². The average Bonchev–Trinajstić information content (AvgIpc) is 3.35. The molecule has 2 amide bonds. The summed E-state index contributed by atoms with van der Waals surface area (Å²) in [6.07, 6.45) is 0.166. The first-order valence-electron chi connectivity index (χ1n) is 13.2. The quantitative estimate of drug-likeness (QED) is 0.453. The van der Waals surface area contributed by atoms with Gasteiger partial charge in [0, 0.05) is 36.9 Å². The highest BCUT2D eigenvalue weighted by atomic mass is 35.5. The summed E-state index contributed by atoms with van der Waals surface area (Å²) in [5.41, 5.74) is 3.30. The number of morpholine rings is 1. The standard InChI is InChI=1S/C29H32ClN5O4S/c1-19-26(28(37)33-23-5-3-4-6-24(23)38-2)27(20-7-9-21(30)10-8-20)35-22(18-40-29(35)32-19)17-25(36)31-11-12-34-13-15-39-16-14-34/h3-10,18,27H,11-17H2,1-2H3,(H,31,36)(H,33,37). The summed E-state index contributed by atoms with van der Waals surface area (Å²) >= 11 is 7.66. The first-order chi connectivity index (χ1) is 19.4. The van der Waals surface area contributed by atoms with Crippen molar-refractivity contribution in [2.24, 2.45) is 4.99 Å². The van der Waals surface area contributed by atoms with Crippen LogP contribution in [-0.4, -0.2) is 73.3 Å². The van der Waals surface area contributed by atoms with E-state index in [0.717, 1.165) is 49.3 Å². The highest BCUT2D eigenvalue weighted by molar-refractivity contribution is 8.16. The number of para-hydroxylation sites is 2. The minimum absolute atomic E-state index is 0.0810. The number of aliphatic imine (C=N–C) groups is 1. The van der Waals surface area contributed by atoms with Gasteiger partial charge in [0.2, 0.25) is 5.91 Å². The maximum Gasteiger partial charge on any atom is 0.256 e. The highest BCUT2D eigenvalue weighted by Gasteiger charge is 2.40. The van der Waals surface area contributed by atoms with Crippen molar-refractivity contribution in [2.45, 2.75) is 19.4 Å². The van der Waals surface area contributed by atoms with Gasteiger partial charge in [0.1, 0.15) is 5.75 Å². The van der Waals surface area contributed by atoms with Gasteiger partial charge in [0.25, 0.3) is 5.91 Å². The molecule has 1 atom stereocenters. The number of amidine groups is 1. The predicted octanol–water partition coefficient (Wildman–Crippen LogP) is 4.40. The van der Waals surface area contributed by atoms with Crippen LogP contribution in [0.5, 0.6) is 5.75 Å². The number of carbonyl (C=O) groups excluding carboxylic acids is 2. The number of rotatable bonds is 9. The van der Waals surface area contributed by atoms with E-state index >= 15 is 0 Å². The van der Waals surface area contributed by atoms with Crippen molar-refractivity contribution in [3.63, 3.8) is 0 Å². The minimum Gasteiger partial charge on any atom is -0.495 e. The van der Waals surface area contributed by atoms with Crippen LogP contribution in [0.15, 0.2) is 75.9 Å². The molecular weight excluding hydrogens is 550 g/mol. The number of benzene rings is 2. The van der Waals surface area contributed by atoms with Gasteiger partial charge in [-0.15, -0.1) is 0 Å². The Morgan fingerprint density at radius 2 is 1.90 bits per heavy atom. The number of nitrogens with zero attached hydrogens (tertiary/aromatic N) is 3. The van der Waals surface area contributed by atoms with E-state index in [-0.39, 0.29) is 18.2 Å². The van der Waals surface area contributed by atoms with Crippen molar-refractivity contribution in [2.75, 3.05) is 51.8 Å². The number of fused-ring (bicyclic) bond motifs is 1. The lowest BCUT2D eigenvalue weighted by atomic mass is 9.93. The van der Waals surface area contributed by atoms with Gasteiger partial charge in [-0.05, 0) is 42.2 Å². The zero-order valence-electron chi connectivity index (χ0n) is 22.5. The molecule has 3 aliphatic heterocycles. The van der Waals surface area contributed by atoms with E-state index in [1.807, 2.05) is 41.5 Å². The van der Waals surface area contributed by atoms with Gasteiger partial charge < -0.3 is 25.0 Å². The smallest absolute Gasteiger partial charge is 0.256 e. The molecule has 0 saturated carbocycles. The Balaban J connectivity index is 1.38. The Kier molecular flexibility index (Phi) is 9.11. The summed E-state index contributed by atoms with van der Waals surface area (Å²) in [5, 5.41) is 9.31. The Hall–Kier alpha value is -3.31. The zero-order valence-corrected chi connectivity index (χ0v) is 24.1. The lowest BCUT2D eigenvalue weighted by Gasteiger charge is -2.36. The average molecular weight is 582 g/mol. The van der Waals surface area contributed by atoms with Gasteiger partial charge in [-0.25, -0.2) is 4.99 Å². The first-order valence-corrected chi connectivity index (χ1v) is 14.4. The molecule has 9 nitrogen and oxygen atoms in total. The maximum atomic E-state index is 13.8.